The maximum atomic E-state index is 5.88. The summed E-state index contributed by atoms with van der Waals surface area (Å²) in [6, 6.07) is 0.336. The Kier molecular flexibility index (Phi) is 2.51. The molecule has 2 atom stereocenters. The van der Waals surface area contributed by atoms with Crippen LogP contribution in [-0.4, -0.2) is 15.6 Å². The summed E-state index contributed by atoms with van der Waals surface area (Å²) in [6.45, 7) is 3.28. The van der Waals surface area contributed by atoms with Crippen molar-refractivity contribution in [1.82, 2.24) is 9.55 Å². The van der Waals surface area contributed by atoms with Gasteiger partial charge >= 0.3 is 0 Å². The van der Waals surface area contributed by atoms with Gasteiger partial charge in [-0.1, -0.05) is 0 Å². The van der Waals surface area contributed by atoms with Gasteiger partial charge in [-0.2, -0.15) is 0 Å². The van der Waals surface area contributed by atoms with Crippen LogP contribution in [0.25, 0.3) is 0 Å². The molecule has 88 valence electrons. The molecule has 2 aliphatic rings. The van der Waals surface area contributed by atoms with Gasteiger partial charge in [0.2, 0.25) is 0 Å². The molecule has 0 bridgehead atoms. The fraction of sp³-hybridized carbons (Fsp3) is 0.769. The first-order chi connectivity index (χ1) is 7.74. The lowest BCUT2D eigenvalue weighted by molar-refractivity contribution is 0.344. The standard InChI is InChI=1S/C13H21N3/c1-9(14)6-10-4-5-16-12(7-10)8-15-13(16)11-2-3-11/h8-11H,2-7,14H2,1H3. The second-order valence-corrected chi connectivity index (χ2v) is 5.61. The average Bonchev–Trinajstić information content (AvgIpc) is 2.98. The SMILES string of the molecule is CC(N)CC1CCn2c(cnc2C2CC2)C1. The van der Waals surface area contributed by atoms with Gasteiger partial charge in [0, 0.05) is 30.4 Å². The highest BCUT2D eigenvalue weighted by Crippen LogP contribution is 2.40. The summed E-state index contributed by atoms with van der Waals surface area (Å²) >= 11 is 0. The molecule has 1 aliphatic heterocycles. The molecular weight excluding hydrogens is 198 g/mol. The fourth-order valence-corrected chi connectivity index (χ4v) is 2.95. The number of nitrogens with two attached hydrogens (primary N) is 1. The van der Waals surface area contributed by atoms with E-state index in [1.54, 1.807) is 0 Å². The lowest BCUT2D eigenvalue weighted by Gasteiger charge is -2.26. The van der Waals surface area contributed by atoms with E-state index in [4.69, 9.17) is 5.73 Å². The third kappa shape index (κ3) is 1.88. The first-order valence-corrected chi connectivity index (χ1v) is 6.54. The molecule has 1 fully saturated rings. The molecule has 0 radical (unpaired) electrons. The number of aromatic nitrogens is 2. The van der Waals surface area contributed by atoms with Crippen molar-refractivity contribution in [3.05, 3.63) is 17.7 Å². The van der Waals surface area contributed by atoms with Crippen LogP contribution in [0.1, 0.15) is 50.0 Å². The van der Waals surface area contributed by atoms with E-state index in [0.29, 0.717) is 6.04 Å². The number of hydrogen-bond donors (Lipinski definition) is 1. The summed E-state index contributed by atoms with van der Waals surface area (Å²) in [6.07, 6.45) is 8.41. The number of nitrogens with zero attached hydrogens (tertiary/aromatic N) is 2. The number of imidazole rings is 1. The van der Waals surface area contributed by atoms with Gasteiger partial charge in [0.05, 0.1) is 0 Å². The fourth-order valence-electron chi connectivity index (χ4n) is 2.95. The van der Waals surface area contributed by atoms with Crippen LogP contribution in [0.5, 0.6) is 0 Å². The average molecular weight is 219 g/mol. The summed E-state index contributed by atoms with van der Waals surface area (Å²) < 4.78 is 2.47. The van der Waals surface area contributed by atoms with E-state index in [0.717, 1.165) is 18.3 Å². The van der Waals surface area contributed by atoms with Crippen LogP contribution in [0.4, 0.5) is 0 Å². The van der Waals surface area contributed by atoms with Crippen LogP contribution in [0, 0.1) is 5.92 Å². The van der Waals surface area contributed by atoms with Gasteiger partial charge in [0.1, 0.15) is 5.82 Å². The van der Waals surface area contributed by atoms with Gasteiger partial charge in [-0.15, -0.1) is 0 Å². The Morgan fingerprint density at radius 2 is 2.31 bits per heavy atom. The van der Waals surface area contributed by atoms with Gasteiger partial charge in [-0.3, -0.25) is 0 Å². The molecule has 1 aliphatic carbocycles. The summed E-state index contributed by atoms with van der Waals surface area (Å²) in [5, 5.41) is 0. The number of hydrogen-bond acceptors (Lipinski definition) is 2. The summed E-state index contributed by atoms with van der Waals surface area (Å²) in [7, 11) is 0. The highest BCUT2D eigenvalue weighted by atomic mass is 15.1. The molecule has 2 heterocycles. The third-order valence-electron chi connectivity index (χ3n) is 3.88. The molecule has 0 saturated heterocycles. The minimum Gasteiger partial charge on any atom is -0.332 e. The van der Waals surface area contributed by atoms with Crippen LogP contribution in [-0.2, 0) is 13.0 Å². The van der Waals surface area contributed by atoms with Crippen molar-refractivity contribution < 1.29 is 0 Å². The van der Waals surface area contributed by atoms with Crippen LogP contribution < -0.4 is 5.73 Å². The van der Waals surface area contributed by atoms with Crippen LogP contribution in [0.15, 0.2) is 6.20 Å². The van der Waals surface area contributed by atoms with Crippen molar-refractivity contribution in [2.75, 3.05) is 0 Å². The van der Waals surface area contributed by atoms with Crippen LogP contribution in [0.3, 0.4) is 0 Å². The smallest absolute Gasteiger partial charge is 0.111 e. The molecule has 1 saturated carbocycles. The third-order valence-corrected chi connectivity index (χ3v) is 3.88. The highest BCUT2D eigenvalue weighted by Gasteiger charge is 2.31. The van der Waals surface area contributed by atoms with E-state index in [2.05, 4.69) is 22.7 Å². The zero-order valence-electron chi connectivity index (χ0n) is 10.0. The van der Waals surface area contributed by atoms with Gasteiger partial charge in [0.25, 0.3) is 0 Å². The maximum absolute atomic E-state index is 5.88. The predicted octanol–water partition coefficient (Wildman–Crippen LogP) is 2.06. The molecule has 3 rings (SSSR count). The van der Waals surface area contributed by atoms with E-state index in [1.807, 2.05) is 0 Å². The maximum Gasteiger partial charge on any atom is 0.111 e. The molecule has 2 unspecified atom stereocenters. The lowest BCUT2D eigenvalue weighted by Crippen LogP contribution is -2.26. The lowest BCUT2D eigenvalue weighted by atomic mass is 9.90. The van der Waals surface area contributed by atoms with Crippen molar-refractivity contribution in [3.63, 3.8) is 0 Å². The van der Waals surface area contributed by atoms with Crippen molar-refractivity contribution in [1.29, 1.82) is 0 Å². The summed E-state index contributed by atoms with van der Waals surface area (Å²) in [5.74, 6) is 2.91. The Morgan fingerprint density at radius 3 is 3.00 bits per heavy atom. The zero-order valence-corrected chi connectivity index (χ0v) is 10.0. The Labute approximate surface area is 97.0 Å². The summed E-state index contributed by atoms with van der Waals surface area (Å²) in [5.41, 5.74) is 7.33. The Hall–Kier alpha value is -0.830. The minimum atomic E-state index is 0.336. The van der Waals surface area contributed by atoms with Crippen LogP contribution >= 0.6 is 0 Å². The molecule has 2 N–H and O–H groups in total. The van der Waals surface area contributed by atoms with E-state index >= 15 is 0 Å². The van der Waals surface area contributed by atoms with Crippen LogP contribution in [0.2, 0.25) is 0 Å². The number of fused-ring (bicyclic) bond motifs is 1. The zero-order chi connectivity index (χ0) is 11.1. The van der Waals surface area contributed by atoms with E-state index in [-0.39, 0.29) is 0 Å². The minimum absolute atomic E-state index is 0.336. The highest BCUT2D eigenvalue weighted by molar-refractivity contribution is 5.15. The quantitative estimate of drug-likeness (QED) is 0.845. The largest absolute Gasteiger partial charge is 0.332 e. The van der Waals surface area contributed by atoms with Gasteiger partial charge < -0.3 is 10.3 Å². The van der Waals surface area contributed by atoms with Crippen molar-refractivity contribution in [3.8, 4) is 0 Å². The molecule has 1 aromatic rings. The van der Waals surface area contributed by atoms with E-state index in [9.17, 15) is 0 Å². The second kappa shape index (κ2) is 3.88. The van der Waals surface area contributed by atoms with Crippen molar-refractivity contribution >= 4 is 0 Å². The topological polar surface area (TPSA) is 43.8 Å². The molecule has 1 aromatic heterocycles. The molecule has 3 nitrogen and oxygen atoms in total. The van der Waals surface area contributed by atoms with Gasteiger partial charge in [-0.25, -0.2) is 4.98 Å². The molecule has 0 amide bonds. The first kappa shape index (κ1) is 10.3. The van der Waals surface area contributed by atoms with Gasteiger partial charge in [-0.05, 0) is 44.9 Å². The van der Waals surface area contributed by atoms with Crippen molar-refractivity contribution in [2.45, 2.75) is 57.5 Å². The second-order valence-electron chi connectivity index (χ2n) is 5.61. The Balaban J connectivity index is 1.74. The number of rotatable bonds is 3. The summed E-state index contributed by atoms with van der Waals surface area (Å²) in [4.78, 5) is 4.61. The van der Waals surface area contributed by atoms with Crippen molar-refractivity contribution in [2.24, 2.45) is 11.7 Å². The molecule has 0 spiro atoms. The van der Waals surface area contributed by atoms with E-state index in [1.165, 1.54) is 43.7 Å². The molecule has 0 aromatic carbocycles. The Morgan fingerprint density at radius 1 is 1.50 bits per heavy atom. The molecule has 16 heavy (non-hydrogen) atoms. The molecule has 3 heteroatoms. The normalized spacial score (nSPS) is 26.5. The first-order valence-electron chi connectivity index (χ1n) is 6.54. The van der Waals surface area contributed by atoms with E-state index < -0.39 is 0 Å². The van der Waals surface area contributed by atoms with Gasteiger partial charge in [0.15, 0.2) is 0 Å². The monoisotopic (exact) mass is 219 g/mol. The Bertz CT molecular complexity index is 377. The predicted molar refractivity (Wildman–Crippen MR) is 64.3 cm³/mol. The molecular formula is C13H21N3.